The Balaban J connectivity index is 2.37. The van der Waals surface area contributed by atoms with Gasteiger partial charge in [-0.2, -0.15) is 5.26 Å². The van der Waals surface area contributed by atoms with Gasteiger partial charge in [-0.05, 0) is 30.5 Å². The fourth-order valence-electron chi connectivity index (χ4n) is 2.08. The van der Waals surface area contributed by atoms with Crippen LogP contribution in [0, 0.1) is 11.3 Å². The third kappa shape index (κ3) is 3.65. The van der Waals surface area contributed by atoms with Gasteiger partial charge in [-0.25, -0.2) is 0 Å². The predicted molar refractivity (Wildman–Crippen MR) is 86.6 cm³/mol. The van der Waals surface area contributed by atoms with Crippen molar-refractivity contribution in [2.75, 3.05) is 17.7 Å². The van der Waals surface area contributed by atoms with Crippen LogP contribution in [0.5, 0.6) is 0 Å². The largest absolute Gasteiger partial charge is 0.307 e. The Morgan fingerprint density at radius 3 is 2.48 bits per heavy atom. The molecule has 0 spiro atoms. The van der Waals surface area contributed by atoms with Crippen LogP contribution in [-0.4, -0.2) is 18.7 Å². The summed E-state index contributed by atoms with van der Waals surface area (Å²) < 4.78 is 0. The first-order valence-electron chi connectivity index (χ1n) is 6.65. The molecule has 0 heterocycles. The van der Waals surface area contributed by atoms with Crippen LogP contribution >= 0.6 is 11.8 Å². The third-order valence-electron chi connectivity index (χ3n) is 3.10. The zero-order valence-electron chi connectivity index (χ0n) is 11.8. The lowest BCUT2D eigenvalue weighted by molar-refractivity contribution is 0.0984. The number of nitriles is 1. The molecule has 106 valence electrons. The van der Waals surface area contributed by atoms with E-state index in [9.17, 15) is 4.79 Å². The molecule has 4 heteroatoms. The number of carbonyl (C=O) groups is 1. The second-order valence-corrected chi connectivity index (χ2v) is 5.25. The van der Waals surface area contributed by atoms with Crippen LogP contribution in [0.15, 0.2) is 59.5 Å². The van der Waals surface area contributed by atoms with Gasteiger partial charge in [-0.15, -0.1) is 11.8 Å². The summed E-state index contributed by atoms with van der Waals surface area (Å²) in [6.45, 7) is 0.391. The first-order valence-corrected chi connectivity index (χ1v) is 7.87. The molecular formula is C17H16N2OS. The minimum Gasteiger partial charge on any atom is -0.307 e. The van der Waals surface area contributed by atoms with Crippen molar-refractivity contribution in [1.82, 2.24) is 0 Å². The zero-order chi connectivity index (χ0) is 15.1. The Kier molecular flexibility index (Phi) is 5.42. The third-order valence-corrected chi connectivity index (χ3v) is 3.89. The number of thioether (sulfide) groups is 1. The normalized spacial score (nSPS) is 9.90. The highest BCUT2D eigenvalue weighted by atomic mass is 32.2. The van der Waals surface area contributed by atoms with Crippen molar-refractivity contribution in [3.05, 3.63) is 60.2 Å². The minimum atomic E-state index is -0.0681. The molecule has 0 N–H and O–H groups in total. The number of carbonyl (C=O) groups excluding carboxylic acids is 1. The maximum Gasteiger partial charge on any atom is 0.259 e. The quantitative estimate of drug-likeness (QED) is 0.784. The SMILES string of the molecule is CSc1ccccc1C(=O)N(CCC#N)c1ccccc1. The van der Waals surface area contributed by atoms with Gasteiger partial charge in [0, 0.05) is 17.1 Å². The highest BCUT2D eigenvalue weighted by molar-refractivity contribution is 7.98. The number of para-hydroxylation sites is 1. The van der Waals surface area contributed by atoms with Crippen molar-refractivity contribution < 1.29 is 4.79 Å². The van der Waals surface area contributed by atoms with E-state index in [4.69, 9.17) is 5.26 Å². The number of hydrogen-bond donors (Lipinski definition) is 0. The Labute approximate surface area is 129 Å². The zero-order valence-corrected chi connectivity index (χ0v) is 12.6. The van der Waals surface area contributed by atoms with Crippen LogP contribution in [0.3, 0.4) is 0 Å². The number of rotatable bonds is 5. The van der Waals surface area contributed by atoms with Crippen molar-refractivity contribution in [2.24, 2.45) is 0 Å². The Morgan fingerprint density at radius 1 is 1.14 bits per heavy atom. The molecule has 2 aromatic carbocycles. The second kappa shape index (κ2) is 7.51. The number of benzene rings is 2. The number of nitrogens with zero attached hydrogens (tertiary/aromatic N) is 2. The second-order valence-electron chi connectivity index (χ2n) is 4.40. The molecule has 0 radical (unpaired) electrons. The molecular weight excluding hydrogens is 280 g/mol. The monoisotopic (exact) mass is 296 g/mol. The molecule has 1 amide bonds. The summed E-state index contributed by atoms with van der Waals surface area (Å²) in [7, 11) is 0. The van der Waals surface area contributed by atoms with Gasteiger partial charge in [-0.1, -0.05) is 30.3 Å². The van der Waals surface area contributed by atoms with Crippen molar-refractivity contribution in [3.8, 4) is 6.07 Å². The van der Waals surface area contributed by atoms with Crippen LogP contribution in [0.4, 0.5) is 5.69 Å². The molecule has 0 aromatic heterocycles. The lowest BCUT2D eigenvalue weighted by Crippen LogP contribution is -2.32. The Hall–Kier alpha value is -2.25. The fraction of sp³-hybridized carbons (Fsp3) is 0.176. The molecule has 0 unspecified atom stereocenters. The summed E-state index contributed by atoms with van der Waals surface area (Å²) in [6.07, 6.45) is 2.26. The maximum absolute atomic E-state index is 12.8. The Bertz CT molecular complexity index is 649. The van der Waals surface area contributed by atoms with E-state index < -0.39 is 0 Å². The van der Waals surface area contributed by atoms with Crippen LogP contribution in [0.25, 0.3) is 0 Å². The van der Waals surface area contributed by atoms with Crippen molar-refractivity contribution in [3.63, 3.8) is 0 Å². The summed E-state index contributed by atoms with van der Waals surface area (Å²) in [4.78, 5) is 15.4. The van der Waals surface area contributed by atoms with Gasteiger partial charge in [0.15, 0.2) is 0 Å². The van der Waals surface area contributed by atoms with Crippen LogP contribution in [0.2, 0.25) is 0 Å². The molecule has 0 atom stereocenters. The first-order chi connectivity index (χ1) is 10.3. The molecule has 0 aliphatic carbocycles. The molecule has 21 heavy (non-hydrogen) atoms. The summed E-state index contributed by atoms with van der Waals surface area (Å²) in [5.41, 5.74) is 1.49. The van der Waals surface area contributed by atoms with Gasteiger partial charge < -0.3 is 4.90 Å². The van der Waals surface area contributed by atoms with Crippen LogP contribution in [0.1, 0.15) is 16.8 Å². The minimum absolute atomic E-state index is 0.0681. The summed E-state index contributed by atoms with van der Waals surface area (Å²) in [6, 6.07) is 19.1. The van der Waals surface area contributed by atoms with Crippen molar-refractivity contribution in [2.45, 2.75) is 11.3 Å². The van der Waals surface area contributed by atoms with Crippen LogP contribution < -0.4 is 4.90 Å². The molecule has 0 bridgehead atoms. The maximum atomic E-state index is 12.8. The summed E-state index contributed by atoms with van der Waals surface area (Å²) in [5.74, 6) is -0.0681. The topological polar surface area (TPSA) is 44.1 Å². The predicted octanol–water partition coefficient (Wildman–Crippen LogP) is 3.97. The van der Waals surface area contributed by atoms with Gasteiger partial charge in [0.2, 0.25) is 0 Å². The van der Waals surface area contributed by atoms with Gasteiger partial charge in [0.05, 0.1) is 18.1 Å². The van der Waals surface area contributed by atoms with E-state index in [-0.39, 0.29) is 5.91 Å². The lowest BCUT2D eigenvalue weighted by Gasteiger charge is -2.22. The molecule has 0 aliphatic rings. The van der Waals surface area contributed by atoms with E-state index in [0.29, 0.717) is 18.5 Å². The van der Waals surface area contributed by atoms with E-state index in [1.54, 1.807) is 16.7 Å². The van der Waals surface area contributed by atoms with E-state index in [0.717, 1.165) is 10.6 Å². The molecule has 2 aromatic rings. The number of anilines is 1. The smallest absolute Gasteiger partial charge is 0.259 e. The van der Waals surface area contributed by atoms with Crippen molar-refractivity contribution in [1.29, 1.82) is 5.26 Å². The lowest BCUT2D eigenvalue weighted by atomic mass is 10.1. The number of hydrogen-bond acceptors (Lipinski definition) is 3. The van der Waals surface area contributed by atoms with Gasteiger partial charge >= 0.3 is 0 Å². The summed E-state index contributed by atoms with van der Waals surface area (Å²) >= 11 is 1.55. The van der Waals surface area contributed by atoms with Gasteiger partial charge in [-0.3, -0.25) is 4.79 Å². The summed E-state index contributed by atoms with van der Waals surface area (Å²) in [5, 5.41) is 8.82. The highest BCUT2D eigenvalue weighted by Crippen LogP contribution is 2.24. The van der Waals surface area contributed by atoms with Gasteiger partial charge in [0.25, 0.3) is 5.91 Å². The molecule has 0 aliphatic heterocycles. The number of amides is 1. The molecule has 0 saturated heterocycles. The van der Waals surface area contributed by atoms with E-state index in [2.05, 4.69) is 6.07 Å². The molecule has 3 nitrogen and oxygen atoms in total. The van der Waals surface area contributed by atoms with Crippen LogP contribution in [-0.2, 0) is 0 Å². The van der Waals surface area contributed by atoms with Gasteiger partial charge in [0.1, 0.15) is 0 Å². The Morgan fingerprint density at radius 2 is 1.81 bits per heavy atom. The standard InChI is InChI=1S/C17H16N2OS/c1-21-16-11-6-5-10-15(16)17(20)19(13-7-12-18)14-8-3-2-4-9-14/h2-6,8-11H,7,13H2,1H3. The first kappa shape index (κ1) is 15.1. The molecule has 0 fully saturated rings. The average Bonchev–Trinajstić information content (AvgIpc) is 2.56. The average molecular weight is 296 g/mol. The van der Waals surface area contributed by atoms with Crippen molar-refractivity contribution >= 4 is 23.4 Å². The van der Waals surface area contributed by atoms with E-state index in [1.807, 2.05) is 60.9 Å². The highest BCUT2D eigenvalue weighted by Gasteiger charge is 2.19. The molecule has 2 rings (SSSR count). The fourth-order valence-corrected chi connectivity index (χ4v) is 2.67. The molecule has 0 saturated carbocycles. The van der Waals surface area contributed by atoms with E-state index in [1.165, 1.54) is 0 Å². The van der Waals surface area contributed by atoms with E-state index >= 15 is 0 Å².